The Kier molecular flexibility index (Phi) is 4.69. The Balaban J connectivity index is 3.04. The third-order valence-corrected chi connectivity index (χ3v) is 4.44. The van der Waals surface area contributed by atoms with Gasteiger partial charge in [0.15, 0.2) is 0 Å². The lowest BCUT2D eigenvalue weighted by Gasteiger charge is -2.10. The van der Waals surface area contributed by atoms with Crippen molar-refractivity contribution in [1.82, 2.24) is 4.72 Å². The molecule has 0 aliphatic heterocycles. The lowest BCUT2D eigenvalue weighted by Crippen LogP contribution is -2.36. The second-order valence-corrected chi connectivity index (χ2v) is 6.25. The van der Waals surface area contributed by atoms with Crippen molar-refractivity contribution in [3.8, 4) is 0 Å². The van der Waals surface area contributed by atoms with E-state index < -0.39 is 37.7 Å². The summed E-state index contributed by atoms with van der Waals surface area (Å²) in [6.07, 6.45) is 1.63. The molecule has 0 aliphatic carbocycles. The number of rotatable bonds is 4. The molecule has 0 radical (unpaired) electrons. The van der Waals surface area contributed by atoms with Gasteiger partial charge in [0.25, 0.3) is 10.0 Å². The van der Waals surface area contributed by atoms with Gasteiger partial charge >= 0.3 is 0 Å². The summed E-state index contributed by atoms with van der Waals surface area (Å²) in [6.45, 7) is 1.51. The van der Waals surface area contributed by atoms with E-state index in [1.165, 1.54) is 6.92 Å². The molecule has 0 aromatic heterocycles. The van der Waals surface area contributed by atoms with Crippen LogP contribution in [0.15, 0.2) is 23.1 Å². The average Bonchev–Trinajstić information content (AvgIpc) is 2.26. The van der Waals surface area contributed by atoms with Gasteiger partial charge in [0.2, 0.25) is 5.91 Å². The second-order valence-electron chi connectivity index (χ2n) is 3.42. The summed E-state index contributed by atoms with van der Waals surface area (Å²) in [7, 11) is -4.32. The van der Waals surface area contributed by atoms with Gasteiger partial charge in [-0.1, -0.05) is 0 Å². The van der Waals surface area contributed by atoms with E-state index in [0.717, 1.165) is 23.9 Å². The molecule has 1 atom stereocenters. The Morgan fingerprint density at radius 1 is 1.39 bits per heavy atom. The molecular formula is C10H11F2NO3S2. The van der Waals surface area contributed by atoms with Crippen molar-refractivity contribution in [1.29, 1.82) is 0 Å². The van der Waals surface area contributed by atoms with Gasteiger partial charge in [0, 0.05) is 6.07 Å². The molecule has 1 aromatic carbocycles. The topological polar surface area (TPSA) is 63.2 Å². The first-order chi connectivity index (χ1) is 8.27. The van der Waals surface area contributed by atoms with Crippen LogP contribution in [0, 0.1) is 11.6 Å². The van der Waals surface area contributed by atoms with E-state index in [-0.39, 0.29) is 0 Å². The Morgan fingerprint density at radius 2 is 2.00 bits per heavy atom. The van der Waals surface area contributed by atoms with Crippen molar-refractivity contribution in [2.75, 3.05) is 6.26 Å². The van der Waals surface area contributed by atoms with Gasteiger partial charge < -0.3 is 0 Å². The lowest BCUT2D eigenvalue weighted by molar-refractivity contribution is -0.118. The minimum atomic E-state index is -4.32. The molecule has 18 heavy (non-hydrogen) atoms. The molecule has 0 bridgehead atoms. The number of thioether (sulfide) groups is 1. The molecule has 0 heterocycles. The highest BCUT2D eigenvalue weighted by atomic mass is 32.2. The van der Waals surface area contributed by atoms with E-state index in [9.17, 15) is 22.0 Å². The van der Waals surface area contributed by atoms with Gasteiger partial charge in [-0.15, -0.1) is 0 Å². The third-order valence-electron chi connectivity index (χ3n) is 2.14. The zero-order chi connectivity index (χ0) is 13.9. The molecule has 0 spiro atoms. The molecule has 0 saturated heterocycles. The molecule has 100 valence electrons. The molecule has 4 nitrogen and oxygen atoms in total. The number of sulfonamides is 1. The fourth-order valence-electron chi connectivity index (χ4n) is 1.07. The third kappa shape index (κ3) is 3.42. The van der Waals surface area contributed by atoms with Crippen molar-refractivity contribution >= 4 is 27.7 Å². The van der Waals surface area contributed by atoms with Gasteiger partial charge in [-0.25, -0.2) is 21.9 Å². The van der Waals surface area contributed by atoms with E-state index in [0.29, 0.717) is 6.07 Å². The highest BCUT2D eigenvalue weighted by Crippen LogP contribution is 2.16. The van der Waals surface area contributed by atoms with Crippen LogP contribution in [-0.4, -0.2) is 25.8 Å². The number of halogens is 2. The molecule has 0 aliphatic rings. The second kappa shape index (κ2) is 5.66. The first-order valence-corrected chi connectivity index (χ1v) is 7.59. The number of amides is 1. The van der Waals surface area contributed by atoms with Gasteiger partial charge in [-0.2, -0.15) is 11.8 Å². The van der Waals surface area contributed by atoms with E-state index in [1.807, 2.05) is 0 Å². The zero-order valence-electron chi connectivity index (χ0n) is 9.61. The number of carbonyl (C=O) groups excluding carboxylic acids is 1. The van der Waals surface area contributed by atoms with Gasteiger partial charge in [-0.05, 0) is 25.3 Å². The molecule has 0 saturated carbocycles. The smallest absolute Gasteiger partial charge is 0.267 e. The number of nitrogens with one attached hydrogen (secondary N) is 1. The minimum Gasteiger partial charge on any atom is -0.273 e. The fourth-order valence-corrected chi connectivity index (χ4v) is 2.53. The Labute approximate surface area is 108 Å². The molecule has 8 heteroatoms. The summed E-state index contributed by atoms with van der Waals surface area (Å²) in [5, 5.41) is -0.594. The maximum Gasteiger partial charge on any atom is 0.267 e. The highest BCUT2D eigenvalue weighted by Gasteiger charge is 2.24. The summed E-state index contributed by atoms with van der Waals surface area (Å²) in [5.74, 6) is -2.89. The van der Waals surface area contributed by atoms with Crippen LogP contribution in [-0.2, 0) is 14.8 Å². The molecule has 1 unspecified atom stereocenters. The van der Waals surface area contributed by atoms with E-state index in [1.54, 1.807) is 11.0 Å². The van der Waals surface area contributed by atoms with Crippen molar-refractivity contribution in [2.45, 2.75) is 17.1 Å². The Bertz CT molecular complexity index is 560. The van der Waals surface area contributed by atoms with Crippen molar-refractivity contribution in [2.24, 2.45) is 0 Å². The Morgan fingerprint density at radius 3 is 2.50 bits per heavy atom. The number of carbonyl (C=O) groups is 1. The fraction of sp³-hybridized carbons (Fsp3) is 0.300. The van der Waals surface area contributed by atoms with Crippen molar-refractivity contribution < 1.29 is 22.0 Å². The van der Waals surface area contributed by atoms with E-state index in [2.05, 4.69) is 0 Å². The summed E-state index contributed by atoms with van der Waals surface area (Å²) >= 11 is 1.15. The van der Waals surface area contributed by atoms with Crippen LogP contribution in [0.3, 0.4) is 0 Å². The van der Waals surface area contributed by atoms with E-state index >= 15 is 0 Å². The number of benzene rings is 1. The van der Waals surface area contributed by atoms with Crippen LogP contribution in [0.2, 0.25) is 0 Å². The molecule has 1 N–H and O–H groups in total. The molecule has 1 amide bonds. The first-order valence-electron chi connectivity index (χ1n) is 4.82. The van der Waals surface area contributed by atoms with Gasteiger partial charge in [0.05, 0.1) is 5.25 Å². The summed E-state index contributed by atoms with van der Waals surface area (Å²) in [6, 6.07) is 2.02. The largest absolute Gasteiger partial charge is 0.273 e. The SMILES string of the molecule is CSC(C)C(=O)NS(=O)(=O)c1ccc(F)cc1F. The minimum absolute atomic E-state index is 0.442. The standard InChI is InChI=1S/C10H11F2NO3S2/c1-6(17-2)10(14)13-18(15,16)9-4-3-7(11)5-8(9)12/h3-6H,1-2H3,(H,13,14). The van der Waals surface area contributed by atoms with Crippen molar-refractivity contribution in [3.05, 3.63) is 29.8 Å². The number of hydrogen-bond donors (Lipinski definition) is 1. The van der Waals surface area contributed by atoms with Crippen LogP contribution in [0.4, 0.5) is 8.78 Å². The Hall–Kier alpha value is -1.15. The quantitative estimate of drug-likeness (QED) is 0.915. The zero-order valence-corrected chi connectivity index (χ0v) is 11.2. The molecular weight excluding hydrogens is 284 g/mol. The van der Waals surface area contributed by atoms with Crippen molar-refractivity contribution in [3.63, 3.8) is 0 Å². The molecule has 0 fully saturated rings. The predicted molar refractivity (Wildman–Crippen MR) is 64.7 cm³/mol. The summed E-state index contributed by atoms with van der Waals surface area (Å²) in [4.78, 5) is 10.7. The van der Waals surface area contributed by atoms with Crippen LogP contribution < -0.4 is 4.72 Å². The van der Waals surface area contributed by atoms with Crippen LogP contribution in [0.25, 0.3) is 0 Å². The van der Waals surface area contributed by atoms with Gasteiger partial charge in [0.1, 0.15) is 16.5 Å². The number of hydrogen-bond acceptors (Lipinski definition) is 4. The maximum absolute atomic E-state index is 13.3. The summed E-state index contributed by atoms with van der Waals surface area (Å²) in [5.41, 5.74) is 0. The first kappa shape index (κ1) is 14.9. The molecule has 1 rings (SSSR count). The van der Waals surface area contributed by atoms with Gasteiger partial charge in [-0.3, -0.25) is 4.79 Å². The van der Waals surface area contributed by atoms with Crippen LogP contribution in [0.1, 0.15) is 6.92 Å². The molecule has 1 aromatic rings. The normalized spacial score (nSPS) is 13.1. The van der Waals surface area contributed by atoms with E-state index in [4.69, 9.17) is 0 Å². The van der Waals surface area contributed by atoms with Crippen LogP contribution >= 0.6 is 11.8 Å². The maximum atomic E-state index is 13.3. The average molecular weight is 295 g/mol. The van der Waals surface area contributed by atoms with Crippen LogP contribution in [0.5, 0.6) is 0 Å². The lowest BCUT2D eigenvalue weighted by atomic mass is 10.3. The predicted octanol–water partition coefficient (Wildman–Crippen LogP) is 1.52. The highest BCUT2D eigenvalue weighted by molar-refractivity contribution is 8.00. The summed E-state index contributed by atoms with van der Waals surface area (Å²) < 4.78 is 51.1. The monoisotopic (exact) mass is 295 g/mol.